The number of nitrogens with one attached hydrogen (secondary N) is 2. The van der Waals surface area contributed by atoms with Crippen molar-refractivity contribution >= 4 is 47.2 Å². The Balaban J connectivity index is 0.00000289. The number of amides is 1. The number of nitrogens with zero attached hydrogens (tertiary/aromatic N) is 2. The molecule has 1 aromatic carbocycles. The summed E-state index contributed by atoms with van der Waals surface area (Å²) in [5.41, 5.74) is 2.63. The van der Waals surface area contributed by atoms with E-state index in [1.165, 1.54) is 48.1 Å². The highest BCUT2D eigenvalue weighted by Crippen LogP contribution is 2.41. The second-order valence-electron chi connectivity index (χ2n) is 8.84. The van der Waals surface area contributed by atoms with Crippen LogP contribution in [-0.4, -0.2) is 36.9 Å². The van der Waals surface area contributed by atoms with Crippen LogP contribution >= 0.6 is 35.3 Å². The maximum Gasteiger partial charge on any atom is 0.222 e. The van der Waals surface area contributed by atoms with Crippen LogP contribution in [0.25, 0.3) is 0 Å². The highest BCUT2D eigenvalue weighted by molar-refractivity contribution is 14.0. The number of guanidine groups is 1. The average Bonchev–Trinajstić information content (AvgIpc) is 3.48. The Hall–Kier alpha value is -1.61. The molecule has 0 radical (unpaired) electrons. The zero-order chi connectivity index (χ0) is 21.5. The summed E-state index contributed by atoms with van der Waals surface area (Å²) < 4.78 is 0. The third-order valence-corrected chi connectivity index (χ3v) is 7.78. The van der Waals surface area contributed by atoms with Gasteiger partial charge in [0.2, 0.25) is 5.91 Å². The lowest BCUT2D eigenvalue weighted by Gasteiger charge is -2.37. The molecular weight excluding hydrogens is 531 g/mol. The van der Waals surface area contributed by atoms with Gasteiger partial charge in [-0.25, -0.2) is 0 Å². The van der Waals surface area contributed by atoms with Gasteiger partial charge < -0.3 is 15.5 Å². The summed E-state index contributed by atoms with van der Waals surface area (Å²) in [6.45, 7) is 3.23. The number of hydrogen-bond acceptors (Lipinski definition) is 3. The Kier molecular flexibility index (Phi) is 9.40. The predicted molar refractivity (Wildman–Crippen MR) is 144 cm³/mol. The minimum absolute atomic E-state index is 0. The maximum atomic E-state index is 11.9. The zero-order valence-corrected chi connectivity index (χ0v) is 22.1. The number of hydrogen-bond donors (Lipinski definition) is 2. The molecule has 1 aromatic heterocycles. The summed E-state index contributed by atoms with van der Waals surface area (Å²) in [7, 11) is 1.84. The highest BCUT2D eigenvalue weighted by atomic mass is 127. The standard InChI is InChI=1S/C25H34N4OS.HI/c1-26-24(28-19-25(12-3-2-4-13-25)22-10-7-15-31-22)27-17-20-8-5-9-21(16-20)18-29-14-6-11-23(29)30;/h5,7-10,15-16H,2-4,6,11-14,17-19H2,1H3,(H2,26,27,28);1H. The molecule has 5 nitrogen and oxygen atoms in total. The molecule has 7 heteroatoms. The van der Waals surface area contributed by atoms with Crippen molar-refractivity contribution in [3.8, 4) is 0 Å². The SMILES string of the molecule is CN=C(NCc1cccc(CN2CCCC2=O)c1)NCC1(c2cccs2)CCCCC1.I. The number of carbonyl (C=O) groups excluding carboxylic acids is 1. The quantitative estimate of drug-likeness (QED) is 0.280. The van der Waals surface area contributed by atoms with Crippen molar-refractivity contribution in [1.29, 1.82) is 0 Å². The number of likely N-dealkylation sites (tertiary alicyclic amines) is 1. The molecular formula is C25H35IN4OS. The second-order valence-corrected chi connectivity index (χ2v) is 9.78. The fraction of sp³-hybridized carbons (Fsp3) is 0.520. The first-order valence-corrected chi connectivity index (χ1v) is 12.4. The van der Waals surface area contributed by atoms with Crippen LogP contribution < -0.4 is 10.6 Å². The van der Waals surface area contributed by atoms with Gasteiger partial charge in [-0.05, 0) is 41.8 Å². The van der Waals surface area contributed by atoms with E-state index < -0.39 is 0 Å². The molecule has 0 unspecified atom stereocenters. The van der Waals surface area contributed by atoms with E-state index in [1.54, 1.807) is 0 Å². The minimum Gasteiger partial charge on any atom is -0.355 e. The van der Waals surface area contributed by atoms with Crippen molar-refractivity contribution in [3.63, 3.8) is 0 Å². The number of aliphatic imine (C=N–C) groups is 1. The first kappa shape index (κ1) is 25.0. The minimum atomic E-state index is 0. The summed E-state index contributed by atoms with van der Waals surface area (Å²) >= 11 is 1.88. The molecule has 2 fully saturated rings. The zero-order valence-electron chi connectivity index (χ0n) is 18.9. The van der Waals surface area contributed by atoms with Gasteiger partial charge in [-0.3, -0.25) is 9.79 Å². The molecule has 1 amide bonds. The van der Waals surface area contributed by atoms with Gasteiger partial charge in [0.05, 0.1) is 0 Å². The van der Waals surface area contributed by atoms with E-state index in [-0.39, 0.29) is 35.3 Å². The van der Waals surface area contributed by atoms with Gasteiger partial charge in [0, 0.05) is 49.9 Å². The van der Waals surface area contributed by atoms with Gasteiger partial charge in [-0.2, -0.15) is 0 Å². The molecule has 4 rings (SSSR count). The van der Waals surface area contributed by atoms with Crippen molar-refractivity contribution in [2.45, 2.75) is 63.5 Å². The van der Waals surface area contributed by atoms with Crippen molar-refractivity contribution in [2.24, 2.45) is 4.99 Å². The van der Waals surface area contributed by atoms with E-state index in [0.29, 0.717) is 19.5 Å². The summed E-state index contributed by atoms with van der Waals surface area (Å²) in [5.74, 6) is 1.12. The Morgan fingerprint density at radius 2 is 1.91 bits per heavy atom. The third-order valence-electron chi connectivity index (χ3n) is 6.67. The van der Waals surface area contributed by atoms with Crippen LogP contribution in [0, 0.1) is 0 Å². The van der Waals surface area contributed by atoms with Crippen LogP contribution in [0.1, 0.15) is 60.9 Å². The first-order chi connectivity index (χ1) is 15.2. The van der Waals surface area contributed by atoms with Gasteiger partial charge in [0.25, 0.3) is 0 Å². The van der Waals surface area contributed by atoms with Crippen LogP contribution in [0.2, 0.25) is 0 Å². The molecule has 1 aliphatic heterocycles. The van der Waals surface area contributed by atoms with E-state index in [4.69, 9.17) is 0 Å². The molecule has 1 saturated heterocycles. The van der Waals surface area contributed by atoms with Crippen LogP contribution in [0.4, 0.5) is 0 Å². The Labute approximate surface area is 213 Å². The van der Waals surface area contributed by atoms with Gasteiger partial charge in [0.1, 0.15) is 0 Å². The second kappa shape index (κ2) is 12.0. The fourth-order valence-corrected chi connectivity index (χ4v) is 5.90. The van der Waals surface area contributed by atoms with Crippen molar-refractivity contribution < 1.29 is 4.79 Å². The molecule has 2 heterocycles. The summed E-state index contributed by atoms with van der Waals surface area (Å²) in [6, 6.07) is 13.0. The lowest BCUT2D eigenvalue weighted by Crippen LogP contribution is -2.46. The largest absolute Gasteiger partial charge is 0.355 e. The van der Waals surface area contributed by atoms with E-state index in [9.17, 15) is 4.79 Å². The monoisotopic (exact) mass is 566 g/mol. The fourth-order valence-electron chi connectivity index (χ4n) is 4.91. The smallest absolute Gasteiger partial charge is 0.222 e. The molecule has 32 heavy (non-hydrogen) atoms. The Morgan fingerprint density at radius 3 is 2.59 bits per heavy atom. The molecule has 2 N–H and O–H groups in total. The molecule has 2 aliphatic rings. The number of thiophene rings is 1. The number of carbonyl (C=O) groups is 1. The number of halogens is 1. The highest BCUT2D eigenvalue weighted by Gasteiger charge is 2.34. The van der Waals surface area contributed by atoms with Crippen LogP contribution in [0.15, 0.2) is 46.8 Å². The average molecular weight is 567 g/mol. The number of rotatable bonds is 7. The molecule has 1 saturated carbocycles. The molecule has 174 valence electrons. The van der Waals surface area contributed by atoms with Gasteiger partial charge in [-0.15, -0.1) is 35.3 Å². The van der Waals surface area contributed by atoms with Crippen molar-refractivity contribution in [1.82, 2.24) is 15.5 Å². The lowest BCUT2D eigenvalue weighted by molar-refractivity contribution is -0.128. The van der Waals surface area contributed by atoms with Gasteiger partial charge >= 0.3 is 0 Å². The summed E-state index contributed by atoms with van der Waals surface area (Å²) in [4.78, 5) is 19.8. The molecule has 2 aromatic rings. The van der Waals surface area contributed by atoms with Crippen molar-refractivity contribution in [2.75, 3.05) is 20.1 Å². The topological polar surface area (TPSA) is 56.7 Å². The Morgan fingerprint density at radius 1 is 1.09 bits per heavy atom. The van der Waals surface area contributed by atoms with E-state index >= 15 is 0 Å². The Bertz CT molecular complexity index is 893. The van der Waals surface area contributed by atoms with Crippen LogP contribution in [-0.2, 0) is 23.3 Å². The molecule has 0 bridgehead atoms. The third kappa shape index (κ3) is 6.25. The van der Waals surface area contributed by atoms with Crippen molar-refractivity contribution in [3.05, 3.63) is 57.8 Å². The van der Waals surface area contributed by atoms with E-state index in [2.05, 4.69) is 57.4 Å². The van der Waals surface area contributed by atoms with Gasteiger partial charge in [-0.1, -0.05) is 49.6 Å². The van der Waals surface area contributed by atoms with Gasteiger partial charge in [0.15, 0.2) is 5.96 Å². The first-order valence-electron chi connectivity index (χ1n) is 11.5. The maximum absolute atomic E-state index is 11.9. The normalized spacial score (nSPS) is 18.3. The molecule has 0 atom stereocenters. The summed E-state index contributed by atoms with van der Waals surface area (Å²) in [5, 5.41) is 9.29. The van der Waals surface area contributed by atoms with E-state index in [1.807, 2.05) is 23.3 Å². The number of benzene rings is 1. The molecule has 1 aliphatic carbocycles. The molecule has 0 spiro atoms. The lowest BCUT2D eigenvalue weighted by atomic mass is 9.73. The summed E-state index contributed by atoms with van der Waals surface area (Å²) in [6.07, 6.45) is 8.12. The van der Waals surface area contributed by atoms with Crippen LogP contribution in [0.3, 0.4) is 0 Å². The van der Waals surface area contributed by atoms with Crippen LogP contribution in [0.5, 0.6) is 0 Å². The van der Waals surface area contributed by atoms with E-state index in [0.717, 1.165) is 25.5 Å². The predicted octanol–water partition coefficient (Wildman–Crippen LogP) is 5.06.